The summed E-state index contributed by atoms with van der Waals surface area (Å²) < 4.78 is 5.31. The van der Waals surface area contributed by atoms with Crippen LogP contribution in [0.4, 0.5) is 0 Å². The number of nitrogens with two attached hydrogens (primary N) is 1. The van der Waals surface area contributed by atoms with Gasteiger partial charge < -0.3 is 15.2 Å². The molecule has 0 radical (unpaired) electrons. The van der Waals surface area contributed by atoms with Crippen LogP contribution >= 0.6 is 11.3 Å². The quantitative estimate of drug-likeness (QED) is 0.928. The number of piperidine rings is 1. The maximum absolute atomic E-state index is 6.19. The van der Waals surface area contributed by atoms with Gasteiger partial charge in [0.25, 0.3) is 5.89 Å². The number of likely N-dealkylation sites (tertiary alicyclic amines) is 1. The van der Waals surface area contributed by atoms with Crippen molar-refractivity contribution >= 4 is 11.3 Å². The van der Waals surface area contributed by atoms with E-state index in [4.69, 9.17) is 10.3 Å². The van der Waals surface area contributed by atoms with E-state index < -0.39 is 0 Å². The van der Waals surface area contributed by atoms with Crippen molar-refractivity contribution in [2.75, 3.05) is 19.6 Å². The number of aryl methyl sites for hydroxylation is 1. The molecule has 0 aromatic carbocycles. The molecule has 0 bridgehead atoms. The van der Waals surface area contributed by atoms with Gasteiger partial charge in [0.15, 0.2) is 5.82 Å². The predicted octanol–water partition coefficient (Wildman–Crippen LogP) is 1.99. The Kier molecular flexibility index (Phi) is 4.09. The summed E-state index contributed by atoms with van der Waals surface area (Å²) in [6.45, 7) is 4.96. The van der Waals surface area contributed by atoms with Gasteiger partial charge in [0.2, 0.25) is 0 Å². The van der Waals surface area contributed by atoms with Crippen molar-refractivity contribution in [1.29, 1.82) is 0 Å². The van der Waals surface area contributed by atoms with Crippen LogP contribution in [0.2, 0.25) is 0 Å². The molecule has 6 nitrogen and oxygen atoms in total. The fourth-order valence-electron chi connectivity index (χ4n) is 2.49. The summed E-state index contributed by atoms with van der Waals surface area (Å²) in [7, 11) is 0. The molecular formula is C13H19N5OS. The maximum atomic E-state index is 6.19. The molecule has 7 heteroatoms. The molecule has 1 unspecified atom stereocenters. The van der Waals surface area contributed by atoms with Crippen LogP contribution in [-0.2, 0) is 0 Å². The lowest BCUT2D eigenvalue weighted by Crippen LogP contribution is -2.36. The number of aromatic nitrogens is 3. The lowest BCUT2D eigenvalue weighted by molar-refractivity contribution is 0.213. The number of rotatable bonds is 4. The molecule has 1 aliphatic rings. The first kappa shape index (κ1) is 13.7. The monoisotopic (exact) mass is 293 g/mol. The summed E-state index contributed by atoms with van der Waals surface area (Å²) in [6.07, 6.45) is 3.83. The molecule has 0 saturated carbocycles. The van der Waals surface area contributed by atoms with Crippen LogP contribution in [0, 0.1) is 6.92 Å². The summed E-state index contributed by atoms with van der Waals surface area (Å²) in [4.78, 5) is 11.9. The molecule has 0 spiro atoms. The summed E-state index contributed by atoms with van der Waals surface area (Å²) >= 11 is 1.50. The lowest BCUT2D eigenvalue weighted by Gasteiger charge is -2.27. The van der Waals surface area contributed by atoms with Crippen molar-refractivity contribution in [2.45, 2.75) is 32.2 Å². The molecule has 1 aliphatic heterocycles. The Morgan fingerprint density at radius 3 is 2.90 bits per heavy atom. The molecule has 1 atom stereocenters. The number of hydrogen-bond donors (Lipinski definition) is 1. The average Bonchev–Trinajstić information content (AvgIpc) is 3.08. The third-order valence-electron chi connectivity index (χ3n) is 3.62. The van der Waals surface area contributed by atoms with E-state index in [2.05, 4.69) is 20.0 Å². The molecule has 0 aliphatic carbocycles. The van der Waals surface area contributed by atoms with Gasteiger partial charge in [0, 0.05) is 6.54 Å². The molecular weight excluding hydrogens is 274 g/mol. The van der Waals surface area contributed by atoms with Crippen molar-refractivity contribution < 1.29 is 4.52 Å². The summed E-state index contributed by atoms with van der Waals surface area (Å²) in [6, 6.07) is -0.196. The van der Waals surface area contributed by atoms with Gasteiger partial charge in [-0.25, -0.2) is 4.98 Å². The highest BCUT2D eigenvalue weighted by molar-refractivity contribution is 7.13. The maximum Gasteiger partial charge on any atom is 0.269 e. The van der Waals surface area contributed by atoms with Crippen molar-refractivity contribution in [3.05, 3.63) is 17.0 Å². The number of thiazole rings is 1. The van der Waals surface area contributed by atoms with Crippen LogP contribution in [0.15, 0.2) is 10.0 Å². The summed E-state index contributed by atoms with van der Waals surface area (Å²) in [5.41, 5.74) is 8.88. The first-order valence-electron chi connectivity index (χ1n) is 6.96. The van der Waals surface area contributed by atoms with Crippen LogP contribution in [0.1, 0.15) is 36.8 Å². The second-order valence-electron chi connectivity index (χ2n) is 5.19. The SMILES string of the molecule is Cc1ncsc1-c1nc(C(N)CN2CCCCC2)no1. The van der Waals surface area contributed by atoms with Gasteiger partial charge in [-0.15, -0.1) is 11.3 Å². The second-order valence-corrected chi connectivity index (χ2v) is 6.05. The molecule has 108 valence electrons. The van der Waals surface area contributed by atoms with E-state index in [1.165, 1.54) is 30.6 Å². The average molecular weight is 293 g/mol. The highest BCUT2D eigenvalue weighted by atomic mass is 32.1. The molecule has 2 aromatic rings. The van der Waals surface area contributed by atoms with E-state index in [1.54, 1.807) is 5.51 Å². The van der Waals surface area contributed by atoms with Crippen molar-refractivity contribution in [3.63, 3.8) is 0 Å². The van der Waals surface area contributed by atoms with Crippen LogP contribution < -0.4 is 5.73 Å². The van der Waals surface area contributed by atoms with Crippen LogP contribution in [0.25, 0.3) is 10.8 Å². The van der Waals surface area contributed by atoms with Crippen LogP contribution in [0.5, 0.6) is 0 Å². The predicted molar refractivity (Wildman–Crippen MR) is 77.4 cm³/mol. The van der Waals surface area contributed by atoms with Crippen molar-refractivity contribution in [1.82, 2.24) is 20.0 Å². The number of hydrogen-bond acceptors (Lipinski definition) is 7. The third kappa shape index (κ3) is 2.89. The molecule has 20 heavy (non-hydrogen) atoms. The zero-order valence-electron chi connectivity index (χ0n) is 11.6. The molecule has 2 aromatic heterocycles. The Labute approximate surface area is 122 Å². The van der Waals surface area contributed by atoms with Crippen molar-refractivity contribution in [3.8, 4) is 10.8 Å². The van der Waals surface area contributed by atoms with Gasteiger partial charge in [-0.3, -0.25) is 0 Å². The van der Waals surface area contributed by atoms with E-state index in [0.29, 0.717) is 11.7 Å². The normalized spacial score (nSPS) is 18.3. The van der Waals surface area contributed by atoms with Gasteiger partial charge in [-0.2, -0.15) is 4.98 Å². The molecule has 2 N–H and O–H groups in total. The smallest absolute Gasteiger partial charge is 0.269 e. The zero-order chi connectivity index (χ0) is 13.9. The van der Waals surface area contributed by atoms with Crippen LogP contribution in [0.3, 0.4) is 0 Å². The Morgan fingerprint density at radius 1 is 1.40 bits per heavy atom. The van der Waals surface area contributed by atoms with E-state index >= 15 is 0 Å². The standard InChI is InChI=1S/C13H19N5OS/c1-9-11(20-8-15-9)13-16-12(17-19-13)10(14)7-18-5-3-2-4-6-18/h8,10H,2-7,14H2,1H3. The topological polar surface area (TPSA) is 81.1 Å². The fourth-order valence-corrected chi connectivity index (χ4v) is 3.21. The number of nitrogens with zero attached hydrogens (tertiary/aromatic N) is 4. The third-order valence-corrected chi connectivity index (χ3v) is 4.53. The Hall–Kier alpha value is -1.31. The molecule has 0 amide bonds. The second kappa shape index (κ2) is 5.99. The fraction of sp³-hybridized carbons (Fsp3) is 0.615. The largest absolute Gasteiger partial charge is 0.333 e. The Bertz CT molecular complexity index is 561. The molecule has 3 heterocycles. The van der Waals surface area contributed by atoms with Gasteiger partial charge in [0.1, 0.15) is 4.88 Å². The highest BCUT2D eigenvalue weighted by Crippen LogP contribution is 2.26. The molecule has 1 saturated heterocycles. The van der Waals surface area contributed by atoms with E-state index in [0.717, 1.165) is 30.2 Å². The van der Waals surface area contributed by atoms with E-state index in [1.807, 2.05) is 6.92 Å². The minimum Gasteiger partial charge on any atom is -0.333 e. The zero-order valence-corrected chi connectivity index (χ0v) is 12.4. The van der Waals surface area contributed by atoms with Gasteiger partial charge in [-0.05, 0) is 32.9 Å². The van der Waals surface area contributed by atoms with Gasteiger partial charge in [-0.1, -0.05) is 11.6 Å². The van der Waals surface area contributed by atoms with E-state index in [-0.39, 0.29) is 6.04 Å². The minimum absolute atomic E-state index is 0.196. The van der Waals surface area contributed by atoms with Gasteiger partial charge in [0.05, 0.1) is 17.2 Å². The van der Waals surface area contributed by atoms with Crippen molar-refractivity contribution in [2.24, 2.45) is 5.73 Å². The Balaban J connectivity index is 1.68. The van der Waals surface area contributed by atoms with Crippen LogP contribution in [-0.4, -0.2) is 39.7 Å². The van der Waals surface area contributed by atoms with Gasteiger partial charge >= 0.3 is 0 Å². The Morgan fingerprint density at radius 2 is 2.20 bits per heavy atom. The van der Waals surface area contributed by atoms with E-state index in [9.17, 15) is 0 Å². The highest BCUT2D eigenvalue weighted by Gasteiger charge is 2.20. The lowest BCUT2D eigenvalue weighted by atomic mass is 10.1. The molecule has 3 rings (SSSR count). The first-order valence-corrected chi connectivity index (χ1v) is 7.84. The minimum atomic E-state index is -0.196. The first-order chi connectivity index (χ1) is 9.74. The summed E-state index contributed by atoms with van der Waals surface area (Å²) in [5.74, 6) is 1.10. The summed E-state index contributed by atoms with van der Waals surface area (Å²) in [5, 5.41) is 4.02. The molecule has 1 fully saturated rings.